The van der Waals surface area contributed by atoms with Crippen LogP contribution in [-0.4, -0.2) is 28.9 Å². The second-order valence-electron chi connectivity index (χ2n) is 6.89. The molecule has 4 heteroatoms. The molecular weight excluding hydrogens is 316 g/mol. The molecule has 0 bridgehead atoms. The Morgan fingerprint density at radius 2 is 1.28 bits per heavy atom. The molecule has 0 aliphatic carbocycles. The van der Waals surface area contributed by atoms with E-state index in [1.54, 1.807) is 6.08 Å². The van der Waals surface area contributed by atoms with Crippen LogP contribution in [0.4, 0.5) is 0 Å². The average molecular weight is 357 g/mol. The molecule has 0 aromatic rings. The highest BCUT2D eigenvalue weighted by Gasteiger charge is 2.13. The van der Waals surface area contributed by atoms with E-state index in [-0.39, 0.29) is 0 Å². The summed E-state index contributed by atoms with van der Waals surface area (Å²) in [5.41, 5.74) is 0. The number of esters is 1. The summed E-state index contributed by atoms with van der Waals surface area (Å²) in [5.74, 6) is -0.806. The van der Waals surface area contributed by atoms with Crippen molar-refractivity contribution in [3.8, 4) is 0 Å². The quantitative estimate of drug-likeness (QED) is 0.199. The standard InChI is InChI=1S/C21H40O4/c1-2-3-4-5-6-7-8-9-10-11-12-13-14-15-16-17-18-25-21(24)20(23)19-22/h17-18,20,22-23H,2-16,19H2,1H3/b18-17+. The van der Waals surface area contributed by atoms with E-state index in [0.29, 0.717) is 0 Å². The highest BCUT2D eigenvalue weighted by Crippen LogP contribution is 2.13. The lowest BCUT2D eigenvalue weighted by Crippen LogP contribution is -2.24. The van der Waals surface area contributed by atoms with Gasteiger partial charge < -0.3 is 14.9 Å². The third-order valence-electron chi connectivity index (χ3n) is 4.45. The molecule has 4 nitrogen and oxygen atoms in total. The molecule has 0 aliphatic rings. The predicted molar refractivity (Wildman–Crippen MR) is 103 cm³/mol. The van der Waals surface area contributed by atoms with Crippen molar-refractivity contribution in [2.24, 2.45) is 0 Å². The number of carbonyl (C=O) groups excluding carboxylic acids is 1. The minimum absolute atomic E-state index is 0.606. The van der Waals surface area contributed by atoms with Crippen molar-refractivity contribution in [1.29, 1.82) is 0 Å². The Balaban J connectivity index is 3.17. The zero-order chi connectivity index (χ0) is 18.6. The van der Waals surface area contributed by atoms with Crippen molar-refractivity contribution in [3.05, 3.63) is 12.3 Å². The Labute approximate surface area is 154 Å². The monoisotopic (exact) mass is 356 g/mol. The molecule has 0 saturated heterocycles. The number of aliphatic hydroxyl groups excluding tert-OH is 2. The molecule has 0 saturated carbocycles. The summed E-state index contributed by atoms with van der Waals surface area (Å²) in [5, 5.41) is 17.6. The van der Waals surface area contributed by atoms with Gasteiger partial charge in [-0.3, -0.25) is 0 Å². The third-order valence-corrected chi connectivity index (χ3v) is 4.45. The molecule has 0 spiro atoms. The average Bonchev–Trinajstić information content (AvgIpc) is 2.63. The van der Waals surface area contributed by atoms with Crippen LogP contribution in [0.15, 0.2) is 12.3 Å². The van der Waals surface area contributed by atoms with Crippen LogP contribution in [0.2, 0.25) is 0 Å². The van der Waals surface area contributed by atoms with E-state index in [1.807, 2.05) is 0 Å². The van der Waals surface area contributed by atoms with E-state index in [2.05, 4.69) is 11.7 Å². The van der Waals surface area contributed by atoms with Crippen molar-refractivity contribution in [2.75, 3.05) is 6.61 Å². The van der Waals surface area contributed by atoms with E-state index in [4.69, 9.17) is 10.2 Å². The Morgan fingerprint density at radius 3 is 1.72 bits per heavy atom. The molecule has 0 amide bonds. The first-order chi connectivity index (χ1) is 12.2. The molecule has 0 aromatic heterocycles. The highest BCUT2D eigenvalue weighted by atomic mass is 16.5. The first-order valence-electron chi connectivity index (χ1n) is 10.4. The van der Waals surface area contributed by atoms with Crippen molar-refractivity contribution in [3.63, 3.8) is 0 Å². The normalized spacial score (nSPS) is 12.6. The minimum atomic E-state index is -1.44. The summed E-state index contributed by atoms with van der Waals surface area (Å²) in [6.45, 7) is 1.66. The molecule has 0 aliphatic heterocycles. The van der Waals surface area contributed by atoms with Gasteiger partial charge in [0.05, 0.1) is 12.9 Å². The van der Waals surface area contributed by atoms with Crippen LogP contribution in [0.5, 0.6) is 0 Å². The largest absolute Gasteiger partial charge is 0.433 e. The number of rotatable bonds is 18. The fraction of sp³-hybridized carbons (Fsp3) is 0.857. The van der Waals surface area contributed by atoms with Gasteiger partial charge in [0.15, 0.2) is 6.10 Å². The van der Waals surface area contributed by atoms with Crippen LogP contribution in [-0.2, 0) is 9.53 Å². The zero-order valence-corrected chi connectivity index (χ0v) is 16.3. The molecule has 2 N–H and O–H groups in total. The maximum absolute atomic E-state index is 11.1. The SMILES string of the molecule is CCCCCCCCCCCCCCCC/C=C/OC(=O)C(O)CO. The van der Waals surface area contributed by atoms with Gasteiger partial charge in [0, 0.05) is 0 Å². The van der Waals surface area contributed by atoms with E-state index in [0.717, 1.165) is 12.8 Å². The van der Waals surface area contributed by atoms with Crippen molar-refractivity contribution < 1.29 is 19.7 Å². The second kappa shape index (κ2) is 19.5. The molecule has 0 fully saturated rings. The van der Waals surface area contributed by atoms with E-state index in [9.17, 15) is 4.79 Å². The Kier molecular flexibility index (Phi) is 18.8. The highest BCUT2D eigenvalue weighted by molar-refractivity contribution is 5.74. The summed E-state index contributed by atoms with van der Waals surface area (Å²) in [7, 11) is 0. The van der Waals surface area contributed by atoms with Crippen LogP contribution in [0, 0.1) is 0 Å². The lowest BCUT2D eigenvalue weighted by Gasteiger charge is -2.03. The van der Waals surface area contributed by atoms with Crippen LogP contribution < -0.4 is 0 Å². The van der Waals surface area contributed by atoms with Gasteiger partial charge in [0.1, 0.15) is 0 Å². The summed E-state index contributed by atoms with van der Waals surface area (Å²) >= 11 is 0. The molecule has 0 rings (SSSR count). The number of unbranched alkanes of at least 4 members (excludes halogenated alkanes) is 14. The van der Waals surface area contributed by atoms with Gasteiger partial charge in [-0.05, 0) is 18.9 Å². The van der Waals surface area contributed by atoms with Crippen LogP contribution in [0.1, 0.15) is 103 Å². The maximum Gasteiger partial charge on any atom is 0.342 e. The predicted octanol–water partition coefficient (Wildman–Crippen LogP) is 5.27. The molecule has 1 unspecified atom stereocenters. The fourth-order valence-corrected chi connectivity index (χ4v) is 2.79. The molecule has 1 atom stereocenters. The molecule has 25 heavy (non-hydrogen) atoms. The number of carbonyl (C=O) groups is 1. The van der Waals surface area contributed by atoms with Gasteiger partial charge in [-0.25, -0.2) is 4.79 Å². The van der Waals surface area contributed by atoms with Gasteiger partial charge in [0.2, 0.25) is 0 Å². The maximum atomic E-state index is 11.1. The minimum Gasteiger partial charge on any atom is -0.433 e. The first-order valence-corrected chi connectivity index (χ1v) is 10.4. The number of hydrogen-bond acceptors (Lipinski definition) is 4. The fourth-order valence-electron chi connectivity index (χ4n) is 2.79. The number of ether oxygens (including phenoxy) is 1. The molecule has 0 heterocycles. The Bertz CT molecular complexity index is 315. The van der Waals surface area contributed by atoms with Crippen molar-refractivity contribution in [2.45, 2.75) is 109 Å². The van der Waals surface area contributed by atoms with Crippen molar-refractivity contribution >= 4 is 5.97 Å². The van der Waals surface area contributed by atoms with Gasteiger partial charge in [0.25, 0.3) is 0 Å². The van der Waals surface area contributed by atoms with Gasteiger partial charge >= 0.3 is 5.97 Å². The summed E-state index contributed by atoms with van der Waals surface area (Å²) in [6, 6.07) is 0. The van der Waals surface area contributed by atoms with E-state index in [1.165, 1.54) is 89.7 Å². The third kappa shape index (κ3) is 17.7. The number of allylic oxidation sites excluding steroid dienone is 1. The van der Waals surface area contributed by atoms with Crippen LogP contribution >= 0.6 is 0 Å². The van der Waals surface area contributed by atoms with Crippen molar-refractivity contribution in [1.82, 2.24) is 0 Å². The summed E-state index contributed by atoms with van der Waals surface area (Å²) < 4.78 is 4.68. The second-order valence-corrected chi connectivity index (χ2v) is 6.89. The van der Waals surface area contributed by atoms with E-state index < -0.39 is 18.7 Å². The lowest BCUT2D eigenvalue weighted by molar-refractivity contribution is -0.149. The lowest BCUT2D eigenvalue weighted by atomic mass is 10.0. The zero-order valence-electron chi connectivity index (χ0n) is 16.3. The Morgan fingerprint density at radius 1 is 0.840 bits per heavy atom. The summed E-state index contributed by atoms with van der Waals surface area (Å²) in [4.78, 5) is 11.1. The van der Waals surface area contributed by atoms with Gasteiger partial charge in [-0.1, -0.05) is 90.4 Å². The molecule has 0 aromatic carbocycles. The topological polar surface area (TPSA) is 66.8 Å². The van der Waals surface area contributed by atoms with E-state index >= 15 is 0 Å². The smallest absolute Gasteiger partial charge is 0.342 e. The number of hydrogen-bond donors (Lipinski definition) is 2. The van der Waals surface area contributed by atoms with Crippen LogP contribution in [0.25, 0.3) is 0 Å². The number of aliphatic hydroxyl groups is 2. The molecular formula is C21H40O4. The molecule has 0 radical (unpaired) electrons. The molecule has 148 valence electrons. The van der Waals surface area contributed by atoms with Gasteiger partial charge in [-0.15, -0.1) is 0 Å². The summed E-state index contributed by atoms with van der Waals surface area (Å²) in [6.07, 6.45) is 21.3. The first kappa shape index (κ1) is 24.1. The Hall–Kier alpha value is -0.870. The van der Waals surface area contributed by atoms with Crippen LogP contribution in [0.3, 0.4) is 0 Å². The van der Waals surface area contributed by atoms with Gasteiger partial charge in [-0.2, -0.15) is 0 Å².